The molecule has 7 heteroatoms. The summed E-state index contributed by atoms with van der Waals surface area (Å²) < 4.78 is 11.4. The van der Waals surface area contributed by atoms with E-state index >= 15 is 0 Å². The molecule has 0 amide bonds. The molecule has 53 heavy (non-hydrogen) atoms. The fourth-order valence-corrected chi connectivity index (χ4v) is 5.37. The van der Waals surface area contributed by atoms with Crippen LogP contribution in [0.1, 0.15) is 108 Å². The van der Waals surface area contributed by atoms with E-state index in [4.69, 9.17) is 9.47 Å². The molecule has 0 radical (unpaired) electrons. The zero-order chi connectivity index (χ0) is 40.0. The summed E-state index contributed by atoms with van der Waals surface area (Å²) in [5.74, 6) is 0. The Bertz CT molecular complexity index is 1430. The van der Waals surface area contributed by atoms with Crippen LogP contribution >= 0.6 is 0 Å². The van der Waals surface area contributed by atoms with Crippen molar-refractivity contribution in [2.45, 2.75) is 150 Å². The first-order valence-corrected chi connectivity index (χ1v) is 18.9. The lowest BCUT2D eigenvalue weighted by atomic mass is 9.96. The predicted octanol–water partition coefficient (Wildman–Crippen LogP) is 9.15. The van der Waals surface area contributed by atoms with E-state index in [0.29, 0.717) is 6.42 Å². The molecular weight excluding hydrogens is 664 g/mol. The summed E-state index contributed by atoms with van der Waals surface area (Å²) in [6, 6.07) is 0. The first kappa shape index (κ1) is 47.9. The minimum atomic E-state index is -1.45. The third kappa shape index (κ3) is 22.6. The highest BCUT2D eigenvalue weighted by Gasteiger charge is 2.45. The SMILES string of the molecule is CC(C=CC=C(C)C=CC=C(C)CCCC(C)(C)O)=CC=CC=C(C)C=CC=C(C)C=CC=C(C)CCCC(C)(C)OC1OC(CO)C(O)C(O)C1O. The summed E-state index contributed by atoms with van der Waals surface area (Å²) in [6.45, 7) is 19.6. The number of aliphatic hydroxyl groups is 5. The highest BCUT2D eigenvalue weighted by atomic mass is 16.7. The van der Waals surface area contributed by atoms with Gasteiger partial charge in [0.05, 0.1) is 17.8 Å². The first-order chi connectivity index (χ1) is 24.8. The standard InChI is InChI=1S/C46H70O7/c1-34(21-13-23-36(3)25-15-27-38(5)29-17-31-45(7,8)51)19-11-12-20-35(2)22-14-24-37(4)26-16-28-39(6)30-18-32-46(9,10)53-44-43(50)42(49)41(48)40(33-47)52-44/h11-16,19-28,40-44,47-51H,17-18,29-33H2,1-10H3. The number of hydrogen-bond acceptors (Lipinski definition) is 7. The molecule has 1 aliphatic heterocycles. The Morgan fingerprint density at radius 3 is 1.38 bits per heavy atom. The Morgan fingerprint density at radius 1 is 0.566 bits per heavy atom. The molecule has 1 rings (SSSR count). The summed E-state index contributed by atoms with van der Waals surface area (Å²) >= 11 is 0. The second-order valence-corrected chi connectivity index (χ2v) is 15.6. The lowest BCUT2D eigenvalue weighted by Gasteiger charge is -2.42. The third-order valence-corrected chi connectivity index (χ3v) is 8.74. The number of ether oxygens (including phenoxy) is 2. The normalized spacial score (nSPS) is 24.0. The van der Waals surface area contributed by atoms with Crippen molar-refractivity contribution in [2.75, 3.05) is 6.61 Å². The van der Waals surface area contributed by atoms with E-state index in [1.165, 1.54) is 16.7 Å². The molecule has 0 aromatic rings. The maximum atomic E-state index is 10.3. The number of allylic oxidation sites excluding steroid dienone is 22. The number of hydrogen-bond donors (Lipinski definition) is 5. The van der Waals surface area contributed by atoms with Gasteiger partial charge in [-0.3, -0.25) is 0 Å². The van der Waals surface area contributed by atoms with E-state index in [1.54, 1.807) is 0 Å². The van der Waals surface area contributed by atoms with Crippen molar-refractivity contribution in [2.24, 2.45) is 0 Å². The third-order valence-electron chi connectivity index (χ3n) is 8.74. The average Bonchev–Trinajstić information content (AvgIpc) is 3.06. The Labute approximate surface area is 321 Å². The molecule has 1 aliphatic rings. The van der Waals surface area contributed by atoms with Gasteiger partial charge in [-0.15, -0.1) is 0 Å². The van der Waals surface area contributed by atoms with Gasteiger partial charge in [0, 0.05) is 0 Å². The van der Waals surface area contributed by atoms with Crippen LogP contribution in [0.4, 0.5) is 0 Å². The van der Waals surface area contributed by atoms with Gasteiger partial charge in [-0.1, -0.05) is 131 Å². The zero-order valence-electron chi connectivity index (χ0n) is 34.1. The molecule has 5 atom stereocenters. The Hall–Kier alpha value is -3.14. The van der Waals surface area contributed by atoms with Gasteiger partial charge in [-0.05, 0) is 108 Å². The molecule has 7 nitrogen and oxygen atoms in total. The first-order valence-electron chi connectivity index (χ1n) is 18.9. The van der Waals surface area contributed by atoms with E-state index in [2.05, 4.69) is 127 Å². The number of aliphatic hydroxyl groups excluding tert-OH is 4. The monoisotopic (exact) mass is 735 g/mol. The summed E-state index contributed by atoms with van der Waals surface area (Å²) in [6.07, 6.45) is 32.2. The van der Waals surface area contributed by atoms with Crippen molar-refractivity contribution in [1.29, 1.82) is 0 Å². The molecule has 0 aliphatic carbocycles. The quantitative estimate of drug-likeness (QED) is 0.0747. The molecule has 0 aromatic carbocycles. The van der Waals surface area contributed by atoms with Crippen LogP contribution < -0.4 is 0 Å². The summed E-state index contributed by atoms with van der Waals surface area (Å²) in [5.41, 5.74) is 5.94. The highest BCUT2D eigenvalue weighted by Crippen LogP contribution is 2.28. The van der Waals surface area contributed by atoms with Crippen LogP contribution in [0.5, 0.6) is 0 Å². The molecular formula is C46H70O7. The van der Waals surface area contributed by atoms with E-state index in [9.17, 15) is 25.5 Å². The van der Waals surface area contributed by atoms with Gasteiger partial charge in [0.25, 0.3) is 0 Å². The van der Waals surface area contributed by atoms with E-state index < -0.39 is 48.5 Å². The maximum absolute atomic E-state index is 10.3. The average molecular weight is 735 g/mol. The van der Waals surface area contributed by atoms with Crippen molar-refractivity contribution >= 4 is 0 Å². The molecule has 1 heterocycles. The molecule has 0 aromatic heterocycles. The topological polar surface area (TPSA) is 120 Å². The smallest absolute Gasteiger partial charge is 0.187 e. The number of rotatable bonds is 21. The summed E-state index contributed by atoms with van der Waals surface area (Å²) in [5, 5.41) is 49.6. The van der Waals surface area contributed by atoms with E-state index in [1.807, 2.05) is 39.8 Å². The molecule has 5 unspecified atom stereocenters. The fraction of sp³-hybridized carbons (Fsp3) is 0.522. The van der Waals surface area contributed by atoms with Crippen LogP contribution in [-0.2, 0) is 9.47 Å². The zero-order valence-corrected chi connectivity index (χ0v) is 34.1. The lowest BCUT2D eigenvalue weighted by molar-refractivity contribution is -0.323. The van der Waals surface area contributed by atoms with Crippen LogP contribution in [0.15, 0.2) is 131 Å². The summed E-state index contributed by atoms with van der Waals surface area (Å²) in [4.78, 5) is 0. The highest BCUT2D eigenvalue weighted by molar-refractivity contribution is 5.32. The second kappa shape index (κ2) is 25.0. The Balaban J connectivity index is 2.50. The van der Waals surface area contributed by atoms with Gasteiger partial charge in [0.2, 0.25) is 0 Å². The van der Waals surface area contributed by atoms with Crippen molar-refractivity contribution in [3.8, 4) is 0 Å². The minimum Gasteiger partial charge on any atom is -0.394 e. The van der Waals surface area contributed by atoms with E-state index in [0.717, 1.165) is 48.8 Å². The lowest BCUT2D eigenvalue weighted by Crippen LogP contribution is -2.60. The Kier molecular flexibility index (Phi) is 22.6. The van der Waals surface area contributed by atoms with Crippen LogP contribution in [0.25, 0.3) is 0 Å². The van der Waals surface area contributed by atoms with Gasteiger partial charge in [0.1, 0.15) is 24.4 Å². The fourth-order valence-electron chi connectivity index (χ4n) is 5.37. The predicted molar refractivity (Wildman–Crippen MR) is 221 cm³/mol. The van der Waals surface area contributed by atoms with Gasteiger partial charge >= 0.3 is 0 Å². The molecule has 0 spiro atoms. The van der Waals surface area contributed by atoms with Crippen molar-refractivity contribution in [1.82, 2.24) is 0 Å². The largest absolute Gasteiger partial charge is 0.394 e. The van der Waals surface area contributed by atoms with Gasteiger partial charge in [-0.25, -0.2) is 0 Å². The molecule has 1 saturated heterocycles. The van der Waals surface area contributed by atoms with Gasteiger partial charge in [0.15, 0.2) is 6.29 Å². The van der Waals surface area contributed by atoms with Crippen molar-refractivity contribution in [3.05, 3.63) is 131 Å². The van der Waals surface area contributed by atoms with Gasteiger partial charge in [-0.2, -0.15) is 0 Å². The molecule has 0 bridgehead atoms. The molecule has 5 N–H and O–H groups in total. The molecule has 296 valence electrons. The Morgan fingerprint density at radius 2 is 0.962 bits per heavy atom. The van der Waals surface area contributed by atoms with Crippen molar-refractivity contribution in [3.63, 3.8) is 0 Å². The molecule has 1 fully saturated rings. The van der Waals surface area contributed by atoms with Crippen LogP contribution in [0.3, 0.4) is 0 Å². The second-order valence-electron chi connectivity index (χ2n) is 15.6. The maximum Gasteiger partial charge on any atom is 0.187 e. The molecule has 0 saturated carbocycles. The van der Waals surface area contributed by atoms with E-state index in [-0.39, 0.29) is 0 Å². The van der Waals surface area contributed by atoms with Crippen LogP contribution in [-0.4, -0.2) is 74.0 Å². The van der Waals surface area contributed by atoms with Crippen molar-refractivity contribution < 1.29 is 35.0 Å². The van der Waals surface area contributed by atoms with Crippen LogP contribution in [0.2, 0.25) is 0 Å². The van der Waals surface area contributed by atoms with Gasteiger partial charge < -0.3 is 35.0 Å². The minimum absolute atomic E-state index is 0.482. The summed E-state index contributed by atoms with van der Waals surface area (Å²) in [7, 11) is 0. The van der Waals surface area contributed by atoms with Crippen LogP contribution in [0, 0.1) is 0 Å².